The molecule has 0 aliphatic heterocycles. The molecule has 0 amide bonds. The third-order valence-electron chi connectivity index (χ3n) is 1.60. The molecule has 0 fully saturated rings. The summed E-state index contributed by atoms with van der Waals surface area (Å²) in [5.41, 5.74) is 5.82. The predicted molar refractivity (Wildman–Crippen MR) is 47.5 cm³/mol. The lowest BCUT2D eigenvalue weighted by Gasteiger charge is -2.04. The Kier molecular flexibility index (Phi) is 2.03. The standard InChI is InChI=1S/C7H12N4O/c1-3(2)4(8)5-6(9)11-7(12)10-5/h3,8H,9H2,1-2H3,(H2,10,11,12). The fourth-order valence-corrected chi connectivity index (χ4v) is 0.898. The Labute approximate surface area is 69.5 Å². The van der Waals surface area contributed by atoms with Gasteiger partial charge in [-0.3, -0.25) is 4.98 Å². The number of nitrogens with two attached hydrogens (primary N) is 1. The van der Waals surface area contributed by atoms with Gasteiger partial charge >= 0.3 is 5.69 Å². The Morgan fingerprint density at radius 2 is 2.08 bits per heavy atom. The van der Waals surface area contributed by atoms with Gasteiger partial charge in [0, 0.05) is 0 Å². The van der Waals surface area contributed by atoms with Crippen LogP contribution in [0.3, 0.4) is 0 Å². The van der Waals surface area contributed by atoms with Crippen LogP contribution in [0.1, 0.15) is 19.5 Å². The van der Waals surface area contributed by atoms with Gasteiger partial charge in [0.15, 0.2) is 0 Å². The van der Waals surface area contributed by atoms with Crippen molar-refractivity contribution in [1.82, 2.24) is 9.97 Å². The summed E-state index contributed by atoms with van der Waals surface area (Å²) >= 11 is 0. The van der Waals surface area contributed by atoms with E-state index in [-0.39, 0.29) is 17.4 Å². The number of imidazole rings is 1. The highest BCUT2D eigenvalue weighted by atomic mass is 16.1. The van der Waals surface area contributed by atoms with Crippen molar-refractivity contribution in [2.45, 2.75) is 13.8 Å². The van der Waals surface area contributed by atoms with E-state index >= 15 is 0 Å². The largest absolute Gasteiger partial charge is 0.383 e. The molecule has 0 unspecified atom stereocenters. The van der Waals surface area contributed by atoms with Gasteiger partial charge in [0.2, 0.25) is 0 Å². The molecule has 1 heterocycles. The number of aromatic amines is 2. The minimum atomic E-state index is -0.368. The molecule has 0 spiro atoms. The molecule has 5 nitrogen and oxygen atoms in total. The molecule has 0 saturated carbocycles. The molecular formula is C7H12N4O. The molecule has 12 heavy (non-hydrogen) atoms. The van der Waals surface area contributed by atoms with E-state index in [4.69, 9.17) is 11.1 Å². The van der Waals surface area contributed by atoms with E-state index < -0.39 is 0 Å². The van der Waals surface area contributed by atoms with Gasteiger partial charge in [-0.15, -0.1) is 0 Å². The van der Waals surface area contributed by atoms with Crippen LogP contribution in [0.4, 0.5) is 5.82 Å². The summed E-state index contributed by atoms with van der Waals surface area (Å²) in [6.07, 6.45) is 0. The topological polar surface area (TPSA) is 98.5 Å². The van der Waals surface area contributed by atoms with Crippen LogP contribution in [0.5, 0.6) is 0 Å². The van der Waals surface area contributed by atoms with Crippen LogP contribution in [0.2, 0.25) is 0 Å². The fourth-order valence-electron chi connectivity index (χ4n) is 0.898. The Morgan fingerprint density at radius 1 is 1.50 bits per heavy atom. The number of anilines is 1. The smallest absolute Gasteiger partial charge is 0.324 e. The molecule has 0 aliphatic carbocycles. The average molecular weight is 168 g/mol. The maximum Gasteiger partial charge on any atom is 0.324 e. The van der Waals surface area contributed by atoms with Gasteiger partial charge in [-0.1, -0.05) is 13.8 Å². The van der Waals surface area contributed by atoms with Crippen molar-refractivity contribution in [3.63, 3.8) is 0 Å². The van der Waals surface area contributed by atoms with Crippen molar-refractivity contribution < 1.29 is 0 Å². The van der Waals surface area contributed by atoms with Crippen LogP contribution in [-0.4, -0.2) is 15.7 Å². The maximum absolute atomic E-state index is 10.8. The van der Waals surface area contributed by atoms with E-state index in [2.05, 4.69) is 9.97 Å². The molecule has 0 aliphatic rings. The summed E-state index contributed by atoms with van der Waals surface area (Å²) in [5, 5.41) is 7.57. The van der Waals surface area contributed by atoms with E-state index in [1.54, 1.807) is 0 Å². The molecule has 66 valence electrons. The van der Waals surface area contributed by atoms with Gasteiger partial charge in [-0.25, -0.2) is 4.79 Å². The number of nitrogens with one attached hydrogen (secondary N) is 3. The highest BCUT2D eigenvalue weighted by Gasteiger charge is 2.11. The van der Waals surface area contributed by atoms with Gasteiger partial charge in [-0.2, -0.15) is 0 Å². The number of hydrogen-bond donors (Lipinski definition) is 4. The van der Waals surface area contributed by atoms with Crippen LogP contribution >= 0.6 is 0 Å². The molecule has 0 atom stereocenters. The molecule has 5 N–H and O–H groups in total. The van der Waals surface area contributed by atoms with Gasteiger partial charge in [0.25, 0.3) is 0 Å². The van der Waals surface area contributed by atoms with Crippen LogP contribution < -0.4 is 11.4 Å². The number of nitrogen functional groups attached to an aromatic ring is 1. The van der Waals surface area contributed by atoms with E-state index in [0.717, 1.165) is 0 Å². The summed E-state index contributed by atoms with van der Waals surface area (Å²) in [5.74, 6) is 0.289. The van der Waals surface area contributed by atoms with Gasteiger partial charge in [0.05, 0.1) is 5.71 Å². The molecule has 1 aromatic heterocycles. The van der Waals surface area contributed by atoms with Crippen LogP contribution in [0.25, 0.3) is 0 Å². The Hall–Kier alpha value is -1.52. The van der Waals surface area contributed by atoms with Crippen molar-refractivity contribution in [2.24, 2.45) is 5.92 Å². The molecule has 1 aromatic rings. The lowest BCUT2D eigenvalue weighted by atomic mass is 10.1. The molecule has 5 heteroatoms. The monoisotopic (exact) mass is 168 g/mol. The average Bonchev–Trinajstić information content (AvgIpc) is 2.28. The van der Waals surface area contributed by atoms with E-state index in [1.807, 2.05) is 13.8 Å². The van der Waals surface area contributed by atoms with E-state index in [0.29, 0.717) is 11.4 Å². The van der Waals surface area contributed by atoms with Crippen molar-refractivity contribution in [2.75, 3.05) is 5.73 Å². The third-order valence-corrected chi connectivity index (χ3v) is 1.60. The quantitative estimate of drug-likeness (QED) is 0.478. The number of aromatic nitrogens is 2. The zero-order valence-corrected chi connectivity index (χ0v) is 7.06. The van der Waals surface area contributed by atoms with Gasteiger partial charge in [0.1, 0.15) is 11.5 Å². The predicted octanol–water partition coefficient (Wildman–Crippen LogP) is 0.309. The summed E-state index contributed by atoms with van der Waals surface area (Å²) in [6, 6.07) is 0. The Morgan fingerprint density at radius 3 is 2.42 bits per heavy atom. The zero-order chi connectivity index (χ0) is 9.30. The highest BCUT2D eigenvalue weighted by molar-refractivity contribution is 6.01. The number of hydrogen-bond acceptors (Lipinski definition) is 3. The number of rotatable bonds is 2. The molecule has 1 rings (SSSR count). The minimum Gasteiger partial charge on any atom is -0.383 e. The normalized spacial score (nSPS) is 10.6. The lowest BCUT2D eigenvalue weighted by molar-refractivity contribution is 0.873. The second kappa shape index (κ2) is 2.84. The summed E-state index contributed by atoms with van der Waals surface area (Å²) in [4.78, 5) is 15.6. The van der Waals surface area contributed by atoms with Gasteiger partial charge < -0.3 is 16.1 Å². The number of H-pyrrole nitrogens is 2. The van der Waals surface area contributed by atoms with Gasteiger partial charge in [-0.05, 0) is 5.92 Å². The van der Waals surface area contributed by atoms with Crippen molar-refractivity contribution in [3.8, 4) is 0 Å². The van der Waals surface area contributed by atoms with Crippen LogP contribution in [0, 0.1) is 11.3 Å². The maximum atomic E-state index is 10.8. The molecule has 0 aromatic carbocycles. The zero-order valence-electron chi connectivity index (χ0n) is 7.06. The third kappa shape index (κ3) is 1.39. The highest BCUT2D eigenvalue weighted by Crippen LogP contribution is 2.08. The summed E-state index contributed by atoms with van der Waals surface area (Å²) in [6.45, 7) is 3.74. The second-order valence-corrected chi connectivity index (χ2v) is 2.94. The minimum absolute atomic E-state index is 0.0544. The molecule has 0 radical (unpaired) electrons. The molecule has 0 bridgehead atoms. The fraction of sp³-hybridized carbons (Fsp3) is 0.429. The molecule has 0 saturated heterocycles. The first-order valence-corrected chi connectivity index (χ1v) is 3.69. The van der Waals surface area contributed by atoms with Crippen molar-refractivity contribution in [3.05, 3.63) is 16.2 Å². The summed E-state index contributed by atoms with van der Waals surface area (Å²) in [7, 11) is 0. The van der Waals surface area contributed by atoms with Crippen LogP contribution in [-0.2, 0) is 0 Å². The van der Waals surface area contributed by atoms with E-state index in [9.17, 15) is 4.79 Å². The van der Waals surface area contributed by atoms with Crippen molar-refractivity contribution in [1.29, 1.82) is 5.41 Å². The summed E-state index contributed by atoms with van der Waals surface area (Å²) < 4.78 is 0. The first-order chi connectivity index (χ1) is 5.52. The first kappa shape index (κ1) is 8.58. The molecular weight excluding hydrogens is 156 g/mol. The Bertz CT molecular complexity index is 347. The van der Waals surface area contributed by atoms with Crippen molar-refractivity contribution >= 4 is 11.5 Å². The van der Waals surface area contributed by atoms with Crippen LogP contribution in [0.15, 0.2) is 4.79 Å². The second-order valence-electron chi connectivity index (χ2n) is 2.94. The lowest BCUT2D eigenvalue weighted by Crippen LogP contribution is -2.11. The first-order valence-electron chi connectivity index (χ1n) is 3.69. The van der Waals surface area contributed by atoms with E-state index in [1.165, 1.54) is 0 Å². The SMILES string of the molecule is CC(C)C(=N)c1[nH]c(=O)[nH]c1N. The Balaban J connectivity index is 3.11.